The maximum Gasteiger partial charge on any atom is 0.122 e. The molecule has 1 aliphatic rings. The Morgan fingerprint density at radius 3 is 2.75 bits per heavy atom. The van der Waals surface area contributed by atoms with Gasteiger partial charge < -0.3 is 5.11 Å². The molecule has 0 aliphatic carbocycles. The number of hydrogen-bond donors (Lipinski definition) is 2. The monoisotopic (exact) mass is 112 g/mol. The molecule has 1 rings (SSSR count). The minimum atomic E-state index is -0.444. The van der Waals surface area contributed by atoms with Crippen LogP contribution in [0.4, 0.5) is 0 Å². The van der Waals surface area contributed by atoms with E-state index in [1.165, 1.54) is 0 Å². The molecule has 0 spiro atoms. The first-order chi connectivity index (χ1) is 3.84. The van der Waals surface area contributed by atoms with Crippen LogP contribution in [0.5, 0.6) is 0 Å². The van der Waals surface area contributed by atoms with Crippen LogP contribution in [0.1, 0.15) is 6.42 Å². The average Bonchev–Trinajstić information content (AvgIpc) is 2.14. The van der Waals surface area contributed by atoms with Gasteiger partial charge in [0.25, 0.3) is 0 Å². The zero-order valence-electron chi connectivity index (χ0n) is 4.46. The Kier molecular flexibility index (Phi) is 1.47. The lowest BCUT2D eigenvalue weighted by molar-refractivity contribution is 0.177. The second kappa shape index (κ2) is 2.12. The largest absolute Gasteiger partial charge is 0.390 e. The van der Waals surface area contributed by atoms with Crippen LogP contribution in [0.15, 0.2) is 0 Å². The Morgan fingerprint density at radius 2 is 2.50 bits per heavy atom. The van der Waals surface area contributed by atoms with E-state index in [0.717, 1.165) is 6.54 Å². The van der Waals surface area contributed by atoms with Crippen LogP contribution in [0.25, 0.3) is 0 Å². The SMILES string of the molecule is N#CC1NCCC1O. The van der Waals surface area contributed by atoms with Gasteiger partial charge in [-0.15, -0.1) is 0 Å². The zero-order valence-corrected chi connectivity index (χ0v) is 4.46. The van der Waals surface area contributed by atoms with E-state index in [2.05, 4.69) is 5.32 Å². The van der Waals surface area contributed by atoms with Gasteiger partial charge in [0.15, 0.2) is 0 Å². The Hall–Kier alpha value is -0.590. The van der Waals surface area contributed by atoms with Crippen molar-refractivity contribution in [2.24, 2.45) is 0 Å². The van der Waals surface area contributed by atoms with Gasteiger partial charge in [0.05, 0.1) is 12.2 Å². The van der Waals surface area contributed by atoms with Crippen molar-refractivity contribution in [3.05, 3.63) is 0 Å². The van der Waals surface area contributed by atoms with E-state index in [9.17, 15) is 0 Å². The van der Waals surface area contributed by atoms with E-state index in [-0.39, 0.29) is 6.04 Å². The lowest BCUT2D eigenvalue weighted by Crippen LogP contribution is -2.27. The second-order valence-electron chi connectivity index (χ2n) is 1.92. The molecule has 44 valence electrons. The fourth-order valence-corrected chi connectivity index (χ4v) is 0.821. The summed E-state index contributed by atoms with van der Waals surface area (Å²) in [6.07, 6.45) is 0.262. The predicted molar refractivity (Wildman–Crippen MR) is 28.0 cm³/mol. The van der Waals surface area contributed by atoms with Gasteiger partial charge in [-0.2, -0.15) is 5.26 Å². The van der Waals surface area contributed by atoms with Crippen LogP contribution in [0.3, 0.4) is 0 Å². The van der Waals surface area contributed by atoms with Gasteiger partial charge in [-0.3, -0.25) is 5.32 Å². The maximum absolute atomic E-state index is 8.90. The van der Waals surface area contributed by atoms with Crippen molar-refractivity contribution in [1.29, 1.82) is 5.26 Å². The van der Waals surface area contributed by atoms with Crippen molar-refractivity contribution in [1.82, 2.24) is 5.32 Å². The first-order valence-electron chi connectivity index (χ1n) is 2.65. The van der Waals surface area contributed by atoms with Gasteiger partial charge in [-0.25, -0.2) is 0 Å². The molecule has 2 atom stereocenters. The Balaban J connectivity index is 2.45. The van der Waals surface area contributed by atoms with Gasteiger partial charge >= 0.3 is 0 Å². The fourth-order valence-electron chi connectivity index (χ4n) is 0.821. The van der Waals surface area contributed by atoms with Crippen LogP contribution in [-0.4, -0.2) is 23.8 Å². The highest BCUT2D eigenvalue weighted by Gasteiger charge is 2.23. The Morgan fingerprint density at radius 1 is 1.75 bits per heavy atom. The minimum absolute atomic E-state index is 0.324. The summed E-state index contributed by atoms with van der Waals surface area (Å²) >= 11 is 0. The number of aliphatic hydroxyl groups is 1. The standard InChI is InChI=1S/C5H8N2O/c6-3-4-5(8)1-2-7-4/h4-5,7-8H,1-2H2. The highest BCUT2D eigenvalue weighted by molar-refractivity contribution is 4.99. The molecule has 1 aliphatic heterocycles. The van der Waals surface area contributed by atoms with Crippen LogP contribution in [-0.2, 0) is 0 Å². The molecule has 2 unspecified atom stereocenters. The van der Waals surface area contributed by atoms with Gasteiger partial charge in [0.2, 0.25) is 0 Å². The summed E-state index contributed by atoms with van der Waals surface area (Å²) in [5, 5.41) is 20.0. The van der Waals surface area contributed by atoms with Crippen molar-refractivity contribution in [2.75, 3.05) is 6.54 Å². The second-order valence-corrected chi connectivity index (χ2v) is 1.92. The van der Waals surface area contributed by atoms with E-state index in [4.69, 9.17) is 10.4 Å². The summed E-state index contributed by atoms with van der Waals surface area (Å²) in [6.45, 7) is 0.763. The number of aliphatic hydroxyl groups excluding tert-OH is 1. The van der Waals surface area contributed by atoms with E-state index < -0.39 is 6.10 Å². The lowest BCUT2D eigenvalue weighted by atomic mass is 10.2. The number of rotatable bonds is 0. The van der Waals surface area contributed by atoms with Crippen molar-refractivity contribution in [3.8, 4) is 6.07 Å². The molecular weight excluding hydrogens is 104 g/mol. The topological polar surface area (TPSA) is 56.0 Å². The Labute approximate surface area is 47.9 Å². The summed E-state index contributed by atoms with van der Waals surface area (Å²) in [7, 11) is 0. The first-order valence-corrected chi connectivity index (χ1v) is 2.65. The number of nitrogens with one attached hydrogen (secondary N) is 1. The minimum Gasteiger partial charge on any atom is -0.390 e. The summed E-state index contributed by atoms with van der Waals surface area (Å²) in [4.78, 5) is 0. The predicted octanol–water partition coefficient (Wildman–Crippen LogP) is -0.767. The van der Waals surface area contributed by atoms with Crippen molar-refractivity contribution in [3.63, 3.8) is 0 Å². The number of hydrogen-bond acceptors (Lipinski definition) is 3. The third-order valence-corrected chi connectivity index (χ3v) is 1.33. The van der Waals surface area contributed by atoms with Crippen LogP contribution in [0.2, 0.25) is 0 Å². The van der Waals surface area contributed by atoms with Gasteiger partial charge in [0, 0.05) is 0 Å². The van der Waals surface area contributed by atoms with Gasteiger partial charge in [-0.1, -0.05) is 0 Å². The fraction of sp³-hybridized carbons (Fsp3) is 0.800. The molecule has 0 aromatic carbocycles. The maximum atomic E-state index is 8.90. The molecule has 0 amide bonds. The molecule has 8 heavy (non-hydrogen) atoms. The van der Waals surface area contributed by atoms with Gasteiger partial charge in [-0.05, 0) is 13.0 Å². The summed E-state index contributed by atoms with van der Waals surface area (Å²) in [5.74, 6) is 0. The third kappa shape index (κ3) is 0.808. The molecule has 3 nitrogen and oxygen atoms in total. The Bertz CT molecular complexity index is 118. The van der Waals surface area contributed by atoms with Crippen molar-refractivity contribution >= 4 is 0 Å². The normalized spacial score (nSPS) is 37.0. The van der Waals surface area contributed by atoms with Gasteiger partial charge in [0.1, 0.15) is 6.04 Å². The van der Waals surface area contributed by atoms with E-state index in [1.807, 2.05) is 6.07 Å². The molecule has 0 radical (unpaired) electrons. The van der Waals surface area contributed by atoms with Crippen LogP contribution >= 0.6 is 0 Å². The molecule has 3 heteroatoms. The summed E-state index contributed by atoms with van der Waals surface area (Å²) in [6, 6.07) is 1.63. The van der Waals surface area contributed by atoms with E-state index in [1.54, 1.807) is 0 Å². The number of nitrogens with zero attached hydrogens (tertiary/aromatic N) is 1. The molecule has 0 saturated carbocycles. The van der Waals surface area contributed by atoms with Crippen molar-refractivity contribution in [2.45, 2.75) is 18.6 Å². The molecule has 1 fully saturated rings. The molecule has 0 bridgehead atoms. The zero-order chi connectivity index (χ0) is 5.98. The summed E-state index contributed by atoms with van der Waals surface area (Å²) in [5.41, 5.74) is 0. The van der Waals surface area contributed by atoms with Crippen LogP contribution in [0, 0.1) is 11.3 Å². The average molecular weight is 112 g/mol. The smallest absolute Gasteiger partial charge is 0.122 e. The third-order valence-electron chi connectivity index (χ3n) is 1.33. The lowest BCUT2D eigenvalue weighted by Gasteiger charge is -2.01. The molecule has 1 heterocycles. The molecule has 2 N–H and O–H groups in total. The molecule has 1 saturated heterocycles. The van der Waals surface area contributed by atoms with E-state index >= 15 is 0 Å². The van der Waals surface area contributed by atoms with E-state index in [0.29, 0.717) is 6.42 Å². The van der Waals surface area contributed by atoms with Crippen molar-refractivity contribution < 1.29 is 5.11 Å². The van der Waals surface area contributed by atoms with Crippen LogP contribution < -0.4 is 5.32 Å². The molecule has 0 aromatic rings. The number of nitriles is 1. The highest BCUT2D eigenvalue weighted by atomic mass is 16.3. The quantitative estimate of drug-likeness (QED) is 0.432. The molecular formula is C5H8N2O. The highest BCUT2D eigenvalue weighted by Crippen LogP contribution is 2.03. The first kappa shape index (κ1) is 5.54. The summed E-state index contributed by atoms with van der Waals surface area (Å²) < 4.78 is 0. The molecule has 0 aromatic heterocycles.